The smallest absolute Gasteiger partial charge is 0.256 e. The summed E-state index contributed by atoms with van der Waals surface area (Å²) in [7, 11) is 1.90. The molecule has 10 heteroatoms. The Morgan fingerprint density at radius 3 is 2.44 bits per heavy atom. The number of anilines is 1. The van der Waals surface area contributed by atoms with Crippen LogP contribution in [0.5, 0.6) is 11.5 Å². The second-order valence-corrected chi connectivity index (χ2v) is 11.3. The molecule has 0 bridgehead atoms. The molecular formula is C33H36FN5O4. The molecule has 2 aliphatic rings. The number of piperazine rings is 1. The fourth-order valence-corrected chi connectivity index (χ4v) is 6.23. The van der Waals surface area contributed by atoms with Crippen LogP contribution in [0.25, 0.3) is 27.4 Å². The maximum atomic E-state index is 16.1. The van der Waals surface area contributed by atoms with Crippen molar-refractivity contribution >= 4 is 39.2 Å². The number of hydrogen-bond acceptors (Lipinski definition) is 6. The Hall–Kier alpha value is -4.44. The Bertz CT molecular complexity index is 1790. The van der Waals surface area contributed by atoms with Crippen molar-refractivity contribution in [2.24, 2.45) is 0 Å². The fraction of sp³-hybridized carbons (Fsp3) is 0.364. The van der Waals surface area contributed by atoms with Crippen molar-refractivity contribution in [2.45, 2.75) is 39.2 Å². The Morgan fingerprint density at radius 2 is 1.77 bits per heavy atom. The van der Waals surface area contributed by atoms with Crippen LogP contribution in [0.1, 0.15) is 43.5 Å². The predicted octanol–water partition coefficient (Wildman–Crippen LogP) is 4.57. The summed E-state index contributed by atoms with van der Waals surface area (Å²) in [5, 5.41) is 8.14. The largest absolute Gasteiger partial charge is 0.451 e. The summed E-state index contributed by atoms with van der Waals surface area (Å²) < 4.78 is 24.3. The molecule has 2 amide bonds. The molecule has 224 valence electrons. The lowest BCUT2D eigenvalue weighted by Gasteiger charge is -2.37. The summed E-state index contributed by atoms with van der Waals surface area (Å²) in [6, 6.07) is 13.2. The van der Waals surface area contributed by atoms with Crippen molar-refractivity contribution in [3.8, 4) is 17.2 Å². The molecule has 0 aliphatic carbocycles. The van der Waals surface area contributed by atoms with E-state index in [0.717, 1.165) is 30.0 Å². The first-order valence-corrected chi connectivity index (χ1v) is 14.9. The molecule has 1 fully saturated rings. The standard InChI is InChI=1S/C33H36FN5O4/c1-4-7-23(35-3)10-11-36-33(42)25-19-39-27-16-21-8-5-6-9-22(21)17-28(27)43-32-29(39)24(31(25)41)18-26(34)30(32)38-14-12-37(13-15-38)20(2)40/h5-6,8-9,16-19,23,35H,4,7,10-15H2,1-3H3,(H,36,42). The molecule has 4 aromatic rings. The molecule has 1 aromatic heterocycles. The first kappa shape index (κ1) is 28.7. The molecule has 3 aromatic carbocycles. The lowest BCUT2D eigenvalue weighted by molar-refractivity contribution is -0.129. The van der Waals surface area contributed by atoms with E-state index < -0.39 is 17.2 Å². The van der Waals surface area contributed by atoms with Gasteiger partial charge >= 0.3 is 0 Å². The van der Waals surface area contributed by atoms with Gasteiger partial charge in [-0.2, -0.15) is 0 Å². The lowest BCUT2D eigenvalue weighted by Crippen LogP contribution is -2.48. The highest BCUT2D eigenvalue weighted by atomic mass is 19.1. The van der Waals surface area contributed by atoms with E-state index in [0.29, 0.717) is 49.7 Å². The monoisotopic (exact) mass is 585 g/mol. The fourth-order valence-electron chi connectivity index (χ4n) is 6.23. The van der Waals surface area contributed by atoms with E-state index in [2.05, 4.69) is 17.6 Å². The number of rotatable bonds is 8. The second kappa shape index (κ2) is 11.7. The van der Waals surface area contributed by atoms with Gasteiger partial charge in [-0.1, -0.05) is 37.6 Å². The minimum Gasteiger partial charge on any atom is -0.451 e. The van der Waals surface area contributed by atoms with Gasteiger partial charge in [-0.05, 0) is 48.9 Å². The van der Waals surface area contributed by atoms with E-state index in [9.17, 15) is 14.4 Å². The van der Waals surface area contributed by atoms with Gasteiger partial charge in [0.2, 0.25) is 11.3 Å². The van der Waals surface area contributed by atoms with Crippen LogP contribution < -0.4 is 25.7 Å². The van der Waals surface area contributed by atoms with Gasteiger partial charge in [0.15, 0.2) is 17.3 Å². The van der Waals surface area contributed by atoms with Gasteiger partial charge in [-0.3, -0.25) is 14.4 Å². The van der Waals surface area contributed by atoms with Gasteiger partial charge in [0.25, 0.3) is 5.91 Å². The topological polar surface area (TPSA) is 95.9 Å². The van der Waals surface area contributed by atoms with E-state index in [-0.39, 0.29) is 34.3 Å². The van der Waals surface area contributed by atoms with E-state index in [4.69, 9.17) is 4.74 Å². The van der Waals surface area contributed by atoms with E-state index >= 15 is 4.39 Å². The normalized spacial score (nSPS) is 14.9. The highest BCUT2D eigenvalue weighted by molar-refractivity contribution is 6.02. The second-order valence-electron chi connectivity index (χ2n) is 11.3. The number of hydrogen-bond donors (Lipinski definition) is 2. The van der Waals surface area contributed by atoms with Crippen molar-refractivity contribution in [1.82, 2.24) is 20.1 Å². The molecule has 1 saturated heterocycles. The summed E-state index contributed by atoms with van der Waals surface area (Å²) >= 11 is 0. The Kier molecular flexibility index (Phi) is 7.79. The third-order valence-corrected chi connectivity index (χ3v) is 8.58. The summed E-state index contributed by atoms with van der Waals surface area (Å²) in [5.74, 6) is -0.408. The number of benzene rings is 3. The Labute approximate surface area is 249 Å². The first-order chi connectivity index (χ1) is 20.8. The molecule has 2 aliphatic heterocycles. The van der Waals surface area contributed by atoms with Crippen molar-refractivity contribution < 1.29 is 18.7 Å². The Balaban J connectivity index is 1.48. The zero-order chi connectivity index (χ0) is 30.2. The van der Waals surface area contributed by atoms with Crippen LogP contribution in [0.15, 0.2) is 53.5 Å². The summed E-state index contributed by atoms with van der Waals surface area (Å²) in [4.78, 5) is 42.7. The molecule has 2 N–H and O–H groups in total. The molecule has 1 unspecified atom stereocenters. The van der Waals surface area contributed by atoms with Gasteiger partial charge in [0.1, 0.15) is 16.8 Å². The molecule has 9 nitrogen and oxygen atoms in total. The predicted molar refractivity (Wildman–Crippen MR) is 166 cm³/mol. The quantitative estimate of drug-likeness (QED) is 0.277. The average Bonchev–Trinajstić information content (AvgIpc) is 3.00. The molecule has 43 heavy (non-hydrogen) atoms. The highest BCUT2D eigenvalue weighted by Crippen LogP contribution is 2.47. The molecule has 0 spiro atoms. The van der Waals surface area contributed by atoms with Crippen molar-refractivity contribution in [3.63, 3.8) is 0 Å². The number of nitrogens with one attached hydrogen (secondary N) is 2. The van der Waals surface area contributed by atoms with Crippen LogP contribution in [0, 0.1) is 5.82 Å². The summed E-state index contributed by atoms with van der Waals surface area (Å²) in [6.45, 7) is 5.77. The van der Waals surface area contributed by atoms with E-state index in [1.807, 2.05) is 48.3 Å². The summed E-state index contributed by atoms with van der Waals surface area (Å²) in [5.41, 5.74) is 0.700. The van der Waals surface area contributed by atoms with Crippen LogP contribution in [0.3, 0.4) is 0 Å². The van der Waals surface area contributed by atoms with Crippen LogP contribution in [-0.2, 0) is 4.79 Å². The molecule has 6 rings (SSSR count). The van der Waals surface area contributed by atoms with Gasteiger partial charge in [-0.25, -0.2) is 4.39 Å². The van der Waals surface area contributed by atoms with Crippen LogP contribution >= 0.6 is 0 Å². The number of amides is 2. The van der Waals surface area contributed by atoms with Crippen LogP contribution in [0.2, 0.25) is 0 Å². The third kappa shape index (κ3) is 5.20. The number of carbonyl (C=O) groups excluding carboxylic acids is 2. The maximum Gasteiger partial charge on any atom is 0.256 e. The molecule has 1 atom stereocenters. The zero-order valence-electron chi connectivity index (χ0n) is 24.7. The van der Waals surface area contributed by atoms with Crippen molar-refractivity contribution in [1.29, 1.82) is 0 Å². The maximum absolute atomic E-state index is 16.1. The van der Waals surface area contributed by atoms with E-state index in [1.54, 1.807) is 15.7 Å². The molecule has 0 radical (unpaired) electrons. The van der Waals surface area contributed by atoms with Crippen molar-refractivity contribution in [3.05, 3.63) is 70.3 Å². The number of ether oxygens (including phenoxy) is 1. The van der Waals surface area contributed by atoms with Crippen LogP contribution in [0.4, 0.5) is 10.1 Å². The summed E-state index contributed by atoms with van der Waals surface area (Å²) in [6.07, 6.45) is 4.28. The molecule has 3 heterocycles. The molecule has 0 saturated carbocycles. The average molecular weight is 586 g/mol. The minimum atomic E-state index is -0.611. The number of halogens is 1. The van der Waals surface area contributed by atoms with Gasteiger partial charge in [0.05, 0.1) is 11.1 Å². The Morgan fingerprint density at radius 1 is 1.05 bits per heavy atom. The van der Waals surface area contributed by atoms with Gasteiger partial charge in [0, 0.05) is 51.9 Å². The number of pyridine rings is 1. The number of aromatic nitrogens is 1. The zero-order valence-corrected chi connectivity index (χ0v) is 24.7. The highest BCUT2D eigenvalue weighted by Gasteiger charge is 2.32. The number of carbonyl (C=O) groups is 2. The van der Waals surface area contributed by atoms with Crippen LogP contribution in [-0.4, -0.2) is 67.1 Å². The first-order valence-electron chi connectivity index (χ1n) is 14.9. The van der Waals surface area contributed by atoms with E-state index in [1.165, 1.54) is 13.0 Å². The number of fused-ring (bicyclic) bond motifs is 3. The number of nitrogens with zero attached hydrogens (tertiary/aromatic N) is 3. The minimum absolute atomic E-state index is 0.0245. The molecular weight excluding hydrogens is 549 g/mol. The lowest BCUT2D eigenvalue weighted by atomic mass is 10.0. The SMILES string of the molecule is CCCC(CCNC(=O)c1cn2c3c(c(N4CCN(C(C)=O)CC4)c(F)cc3c1=O)Oc1cc3ccccc3cc1-2)NC. The van der Waals surface area contributed by atoms with Gasteiger partial charge < -0.3 is 29.7 Å². The third-order valence-electron chi connectivity index (χ3n) is 8.58. The van der Waals surface area contributed by atoms with Gasteiger partial charge in [-0.15, -0.1) is 0 Å². The van der Waals surface area contributed by atoms with Crippen molar-refractivity contribution in [2.75, 3.05) is 44.7 Å².